The number of hydrogen-bond acceptors (Lipinski definition) is 4. The van der Waals surface area contributed by atoms with Crippen molar-refractivity contribution in [2.75, 3.05) is 7.11 Å². The van der Waals surface area contributed by atoms with Crippen LogP contribution in [0.1, 0.15) is 36.2 Å². The minimum atomic E-state index is -0.139. The van der Waals surface area contributed by atoms with Gasteiger partial charge < -0.3 is 4.74 Å². The molecule has 0 amide bonds. The summed E-state index contributed by atoms with van der Waals surface area (Å²) in [5.74, 6) is 6.56. The van der Waals surface area contributed by atoms with Crippen molar-refractivity contribution in [2.45, 2.75) is 32.9 Å². The Hall–Kier alpha value is -1.85. The number of nitrogens with one attached hydrogen (secondary N) is 1. The van der Waals surface area contributed by atoms with Gasteiger partial charge in [-0.3, -0.25) is 10.5 Å². The fraction of sp³-hybridized carbons (Fsp3) is 0.400. The molecule has 0 spiro atoms. The third kappa shape index (κ3) is 2.69. The lowest BCUT2D eigenvalue weighted by atomic mass is 9.99. The predicted octanol–water partition coefficient (Wildman–Crippen LogP) is 2.16. The van der Waals surface area contributed by atoms with Crippen LogP contribution in [0.5, 0.6) is 5.75 Å². The number of aromatic nitrogens is 2. The summed E-state index contributed by atoms with van der Waals surface area (Å²) in [6.45, 7) is 5.03. The van der Waals surface area contributed by atoms with Crippen molar-refractivity contribution in [3.8, 4) is 5.75 Å². The van der Waals surface area contributed by atoms with Crippen molar-refractivity contribution >= 4 is 0 Å². The molecular formula is C15H22N4O. The molecule has 3 N–H and O–H groups in total. The highest BCUT2D eigenvalue weighted by molar-refractivity contribution is 5.39. The quantitative estimate of drug-likeness (QED) is 0.626. The first-order valence-corrected chi connectivity index (χ1v) is 6.84. The third-order valence-electron chi connectivity index (χ3n) is 3.44. The van der Waals surface area contributed by atoms with Gasteiger partial charge in [0, 0.05) is 6.54 Å². The molecule has 0 fully saturated rings. The molecule has 5 heteroatoms. The Labute approximate surface area is 119 Å². The van der Waals surface area contributed by atoms with E-state index in [1.807, 2.05) is 16.8 Å². The maximum Gasteiger partial charge on any atom is 0.161 e. The first-order valence-electron chi connectivity index (χ1n) is 6.84. The van der Waals surface area contributed by atoms with Crippen LogP contribution in [-0.4, -0.2) is 16.9 Å². The van der Waals surface area contributed by atoms with Crippen molar-refractivity contribution in [3.05, 3.63) is 47.3 Å². The van der Waals surface area contributed by atoms with E-state index < -0.39 is 0 Å². The molecule has 2 rings (SSSR count). The molecule has 0 aliphatic carbocycles. The first kappa shape index (κ1) is 14.6. The molecule has 1 aromatic carbocycles. The van der Waals surface area contributed by atoms with Crippen LogP contribution in [0, 0.1) is 6.92 Å². The van der Waals surface area contributed by atoms with E-state index in [4.69, 9.17) is 10.6 Å². The van der Waals surface area contributed by atoms with E-state index in [0.717, 1.165) is 30.0 Å². The second-order valence-electron chi connectivity index (χ2n) is 4.78. The molecule has 1 heterocycles. The maximum absolute atomic E-state index is 5.81. The van der Waals surface area contributed by atoms with Crippen LogP contribution in [0.3, 0.4) is 0 Å². The Morgan fingerprint density at radius 2 is 2.15 bits per heavy atom. The molecule has 20 heavy (non-hydrogen) atoms. The Balaban J connectivity index is 2.51. The van der Waals surface area contributed by atoms with Gasteiger partial charge in [0.1, 0.15) is 5.69 Å². The zero-order chi connectivity index (χ0) is 14.5. The van der Waals surface area contributed by atoms with Gasteiger partial charge >= 0.3 is 0 Å². The molecule has 0 aliphatic heterocycles. The number of nitrogens with two attached hydrogens (primary N) is 1. The van der Waals surface area contributed by atoms with Gasteiger partial charge in [-0.1, -0.05) is 31.2 Å². The topological polar surface area (TPSA) is 65.1 Å². The molecular weight excluding hydrogens is 252 g/mol. The van der Waals surface area contributed by atoms with Gasteiger partial charge in [0.25, 0.3) is 0 Å². The second-order valence-corrected chi connectivity index (χ2v) is 4.78. The molecule has 0 saturated carbocycles. The number of aryl methyl sites for hydroxylation is 2. The van der Waals surface area contributed by atoms with E-state index in [2.05, 4.69) is 36.5 Å². The van der Waals surface area contributed by atoms with Crippen molar-refractivity contribution < 1.29 is 4.74 Å². The Kier molecular flexibility index (Phi) is 4.76. The predicted molar refractivity (Wildman–Crippen MR) is 79.4 cm³/mol. The molecule has 0 radical (unpaired) electrons. The Bertz CT molecular complexity index is 565. The molecule has 5 nitrogen and oxygen atoms in total. The standard InChI is InChI=1S/C15H22N4O/c1-4-9-19-15(13(20-3)10-17-19)14(18-16)12-8-6-5-7-11(12)2/h5-8,10,14,18H,4,9,16H2,1-3H3. The van der Waals surface area contributed by atoms with Crippen LogP contribution in [0.2, 0.25) is 0 Å². The molecule has 2 aromatic rings. The van der Waals surface area contributed by atoms with Crippen LogP contribution in [0.25, 0.3) is 0 Å². The number of hydrogen-bond donors (Lipinski definition) is 2. The minimum absolute atomic E-state index is 0.139. The summed E-state index contributed by atoms with van der Waals surface area (Å²) in [4.78, 5) is 0. The zero-order valence-electron chi connectivity index (χ0n) is 12.3. The lowest BCUT2D eigenvalue weighted by Gasteiger charge is -2.21. The van der Waals surface area contributed by atoms with E-state index in [-0.39, 0.29) is 6.04 Å². The summed E-state index contributed by atoms with van der Waals surface area (Å²) in [6, 6.07) is 8.04. The third-order valence-corrected chi connectivity index (χ3v) is 3.44. The number of nitrogens with zero attached hydrogens (tertiary/aromatic N) is 2. The zero-order valence-corrected chi connectivity index (χ0v) is 12.3. The largest absolute Gasteiger partial charge is 0.493 e. The number of ether oxygens (including phenoxy) is 1. The lowest BCUT2D eigenvalue weighted by molar-refractivity contribution is 0.398. The molecule has 0 saturated heterocycles. The second kappa shape index (κ2) is 6.54. The molecule has 0 bridgehead atoms. The summed E-state index contributed by atoms with van der Waals surface area (Å²) in [5, 5.41) is 4.40. The van der Waals surface area contributed by atoms with Crippen molar-refractivity contribution in [1.29, 1.82) is 0 Å². The van der Waals surface area contributed by atoms with E-state index in [1.54, 1.807) is 13.3 Å². The fourth-order valence-corrected chi connectivity index (χ4v) is 2.44. The molecule has 1 unspecified atom stereocenters. The van der Waals surface area contributed by atoms with Crippen LogP contribution in [-0.2, 0) is 6.54 Å². The van der Waals surface area contributed by atoms with E-state index in [9.17, 15) is 0 Å². The van der Waals surface area contributed by atoms with Gasteiger partial charge in [-0.05, 0) is 24.5 Å². The van der Waals surface area contributed by atoms with Crippen molar-refractivity contribution in [1.82, 2.24) is 15.2 Å². The van der Waals surface area contributed by atoms with Crippen LogP contribution < -0.4 is 16.0 Å². The van der Waals surface area contributed by atoms with Crippen LogP contribution in [0.15, 0.2) is 30.5 Å². The van der Waals surface area contributed by atoms with Gasteiger partial charge in [-0.25, -0.2) is 5.43 Å². The summed E-state index contributed by atoms with van der Waals surface area (Å²) >= 11 is 0. The number of hydrazine groups is 1. The summed E-state index contributed by atoms with van der Waals surface area (Å²) < 4.78 is 7.39. The van der Waals surface area contributed by atoms with E-state index in [1.165, 1.54) is 5.56 Å². The van der Waals surface area contributed by atoms with Gasteiger partial charge in [-0.2, -0.15) is 5.10 Å². The average Bonchev–Trinajstić information content (AvgIpc) is 2.85. The summed E-state index contributed by atoms with van der Waals surface area (Å²) in [5.41, 5.74) is 6.17. The van der Waals surface area contributed by atoms with Gasteiger partial charge in [0.15, 0.2) is 5.75 Å². The van der Waals surface area contributed by atoms with Gasteiger partial charge in [0.05, 0.1) is 19.3 Å². The van der Waals surface area contributed by atoms with E-state index in [0.29, 0.717) is 0 Å². The highest BCUT2D eigenvalue weighted by atomic mass is 16.5. The smallest absolute Gasteiger partial charge is 0.161 e. The average molecular weight is 274 g/mol. The van der Waals surface area contributed by atoms with Gasteiger partial charge in [0.2, 0.25) is 0 Å². The molecule has 0 aliphatic rings. The highest BCUT2D eigenvalue weighted by Gasteiger charge is 2.23. The highest BCUT2D eigenvalue weighted by Crippen LogP contribution is 2.31. The van der Waals surface area contributed by atoms with Crippen molar-refractivity contribution in [2.24, 2.45) is 5.84 Å². The normalized spacial score (nSPS) is 12.4. The molecule has 1 atom stereocenters. The van der Waals surface area contributed by atoms with Crippen molar-refractivity contribution in [3.63, 3.8) is 0 Å². The summed E-state index contributed by atoms with van der Waals surface area (Å²) in [7, 11) is 1.65. The molecule has 108 valence electrons. The minimum Gasteiger partial charge on any atom is -0.493 e. The number of methoxy groups -OCH3 is 1. The maximum atomic E-state index is 5.81. The summed E-state index contributed by atoms with van der Waals surface area (Å²) in [6.07, 6.45) is 2.75. The number of benzene rings is 1. The monoisotopic (exact) mass is 274 g/mol. The lowest BCUT2D eigenvalue weighted by Crippen LogP contribution is -2.31. The van der Waals surface area contributed by atoms with Crippen LogP contribution in [0.4, 0.5) is 0 Å². The fourth-order valence-electron chi connectivity index (χ4n) is 2.44. The van der Waals surface area contributed by atoms with Gasteiger partial charge in [-0.15, -0.1) is 0 Å². The number of rotatable bonds is 6. The SMILES string of the molecule is CCCn1ncc(OC)c1C(NN)c1ccccc1C. The molecule has 1 aromatic heterocycles. The van der Waals surface area contributed by atoms with Crippen LogP contribution >= 0.6 is 0 Å². The van der Waals surface area contributed by atoms with E-state index >= 15 is 0 Å². The first-order chi connectivity index (χ1) is 9.72. The Morgan fingerprint density at radius 1 is 1.40 bits per heavy atom. The Morgan fingerprint density at radius 3 is 2.75 bits per heavy atom.